The number of nitrogens with two attached hydrogens (primary N) is 1. The summed E-state index contributed by atoms with van der Waals surface area (Å²) in [5, 5.41) is 0. The predicted molar refractivity (Wildman–Crippen MR) is 49.0 cm³/mol. The van der Waals surface area contributed by atoms with E-state index >= 15 is 0 Å². The van der Waals surface area contributed by atoms with Crippen molar-refractivity contribution in [2.75, 3.05) is 0 Å². The number of rotatable bonds is 2. The van der Waals surface area contributed by atoms with Gasteiger partial charge >= 0.3 is 0 Å². The van der Waals surface area contributed by atoms with Gasteiger partial charge in [0.1, 0.15) is 0 Å². The Kier molecular flexibility index (Phi) is 1.79. The second-order valence-electron chi connectivity index (χ2n) is 3.53. The number of hydrogen-bond donors (Lipinski definition) is 1. The van der Waals surface area contributed by atoms with Crippen LogP contribution in [0.4, 0.5) is 0 Å². The minimum atomic E-state index is -0.187. The van der Waals surface area contributed by atoms with Crippen molar-refractivity contribution in [2.45, 2.75) is 19.3 Å². The first-order valence-electron chi connectivity index (χ1n) is 4.41. The van der Waals surface area contributed by atoms with Crippen molar-refractivity contribution >= 4 is 5.91 Å². The number of pyridine rings is 1. The fourth-order valence-corrected chi connectivity index (χ4v) is 1.74. The van der Waals surface area contributed by atoms with Gasteiger partial charge in [-0.3, -0.25) is 9.78 Å². The van der Waals surface area contributed by atoms with Gasteiger partial charge in [0.15, 0.2) is 0 Å². The Bertz CT molecular complexity index is 349. The molecule has 1 saturated carbocycles. The lowest BCUT2D eigenvalue weighted by molar-refractivity contribution is -0.119. The van der Waals surface area contributed by atoms with E-state index in [1.807, 2.05) is 19.1 Å². The van der Waals surface area contributed by atoms with Crippen LogP contribution in [0.3, 0.4) is 0 Å². The largest absolute Gasteiger partial charge is 0.369 e. The van der Waals surface area contributed by atoms with E-state index in [2.05, 4.69) is 4.98 Å². The van der Waals surface area contributed by atoms with Gasteiger partial charge in [0.25, 0.3) is 0 Å². The van der Waals surface area contributed by atoms with Gasteiger partial charge in [0, 0.05) is 17.8 Å². The molecule has 2 unspecified atom stereocenters. The van der Waals surface area contributed by atoms with Gasteiger partial charge in [-0.2, -0.15) is 0 Å². The molecule has 1 aliphatic rings. The average Bonchev–Trinajstić information content (AvgIpc) is 2.84. The standard InChI is InChI=1S/C10H12N2O/c1-6-7(3-2-4-12-6)8-5-9(8)10(11)13/h2-4,8-9H,5H2,1H3,(H2,11,13). The molecule has 0 bridgehead atoms. The Labute approximate surface area is 77.0 Å². The van der Waals surface area contributed by atoms with E-state index in [0.717, 1.165) is 12.1 Å². The third kappa shape index (κ3) is 1.41. The second-order valence-corrected chi connectivity index (χ2v) is 3.53. The van der Waals surface area contributed by atoms with Crippen molar-refractivity contribution < 1.29 is 4.79 Å². The minimum absolute atomic E-state index is 0.0444. The van der Waals surface area contributed by atoms with E-state index in [-0.39, 0.29) is 11.8 Å². The summed E-state index contributed by atoms with van der Waals surface area (Å²) in [4.78, 5) is 15.0. The lowest BCUT2D eigenvalue weighted by Gasteiger charge is -2.01. The van der Waals surface area contributed by atoms with E-state index in [9.17, 15) is 4.79 Å². The second kappa shape index (κ2) is 2.83. The molecule has 3 heteroatoms. The molecule has 0 spiro atoms. The maximum absolute atomic E-state index is 10.9. The van der Waals surface area contributed by atoms with Gasteiger partial charge < -0.3 is 5.73 Å². The lowest BCUT2D eigenvalue weighted by Crippen LogP contribution is -2.13. The molecular weight excluding hydrogens is 164 g/mol. The highest BCUT2D eigenvalue weighted by atomic mass is 16.1. The Morgan fingerprint density at radius 2 is 2.46 bits per heavy atom. The molecule has 2 N–H and O–H groups in total. The number of amides is 1. The van der Waals surface area contributed by atoms with E-state index in [0.29, 0.717) is 5.92 Å². The first kappa shape index (κ1) is 8.23. The molecule has 1 amide bonds. The highest BCUT2D eigenvalue weighted by Crippen LogP contribution is 2.47. The molecule has 1 heterocycles. The fourth-order valence-electron chi connectivity index (χ4n) is 1.74. The SMILES string of the molecule is Cc1ncccc1C1CC1C(N)=O. The molecule has 0 saturated heterocycles. The average molecular weight is 176 g/mol. The molecular formula is C10H12N2O. The molecule has 68 valence electrons. The first-order chi connectivity index (χ1) is 6.20. The van der Waals surface area contributed by atoms with Crippen LogP contribution in [0.25, 0.3) is 0 Å². The van der Waals surface area contributed by atoms with E-state index < -0.39 is 0 Å². The van der Waals surface area contributed by atoms with Crippen molar-refractivity contribution in [3.05, 3.63) is 29.6 Å². The van der Waals surface area contributed by atoms with Crippen LogP contribution >= 0.6 is 0 Å². The number of nitrogens with zero attached hydrogens (tertiary/aromatic N) is 1. The molecule has 2 rings (SSSR count). The van der Waals surface area contributed by atoms with Gasteiger partial charge in [-0.1, -0.05) is 6.07 Å². The summed E-state index contributed by atoms with van der Waals surface area (Å²) in [6.45, 7) is 1.96. The van der Waals surface area contributed by atoms with Crippen LogP contribution in [-0.4, -0.2) is 10.9 Å². The van der Waals surface area contributed by atoms with Crippen molar-refractivity contribution in [1.29, 1.82) is 0 Å². The molecule has 1 fully saturated rings. The van der Waals surface area contributed by atoms with Crippen molar-refractivity contribution in [3.63, 3.8) is 0 Å². The summed E-state index contributed by atoms with van der Waals surface area (Å²) in [7, 11) is 0. The summed E-state index contributed by atoms with van der Waals surface area (Å²) in [5.41, 5.74) is 7.40. The van der Waals surface area contributed by atoms with Gasteiger partial charge in [-0.15, -0.1) is 0 Å². The number of primary amides is 1. The molecule has 1 aliphatic carbocycles. The monoisotopic (exact) mass is 176 g/mol. The third-order valence-corrected chi connectivity index (χ3v) is 2.60. The van der Waals surface area contributed by atoms with Crippen LogP contribution < -0.4 is 5.73 Å². The van der Waals surface area contributed by atoms with Crippen LogP contribution in [0.15, 0.2) is 18.3 Å². The van der Waals surface area contributed by atoms with Crippen LogP contribution in [0.5, 0.6) is 0 Å². The van der Waals surface area contributed by atoms with Crippen molar-refractivity contribution in [3.8, 4) is 0 Å². The molecule has 0 aromatic carbocycles. The number of carbonyl (C=O) groups excluding carboxylic acids is 1. The zero-order valence-electron chi connectivity index (χ0n) is 7.53. The van der Waals surface area contributed by atoms with Gasteiger partial charge in [-0.25, -0.2) is 0 Å². The molecule has 0 aliphatic heterocycles. The Morgan fingerprint density at radius 1 is 1.69 bits per heavy atom. The van der Waals surface area contributed by atoms with Crippen LogP contribution in [0, 0.1) is 12.8 Å². The molecule has 1 aromatic heterocycles. The minimum Gasteiger partial charge on any atom is -0.369 e. The Hall–Kier alpha value is -1.38. The summed E-state index contributed by atoms with van der Waals surface area (Å²) in [6.07, 6.45) is 2.66. The first-order valence-corrected chi connectivity index (χ1v) is 4.41. The highest BCUT2D eigenvalue weighted by molar-refractivity contribution is 5.81. The summed E-state index contributed by atoms with van der Waals surface area (Å²) < 4.78 is 0. The van der Waals surface area contributed by atoms with Crippen LogP contribution in [0.2, 0.25) is 0 Å². The van der Waals surface area contributed by atoms with E-state index in [4.69, 9.17) is 5.73 Å². The van der Waals surface area contributed by atoms with E-state index in [1.54, 1.807) is 6.20 Å². The number of hydrogen-bond acceptors (Lipinski definition) is 2. The fraction of sp³-hybridized carbons (Fsp3) is 0.400. The quantitative estimate of drug-likeness (QED) is 0.730. The predicted octanol–water partition coefficient (Wildman–Crippen LogP) is 0.979. The molecule has 2 atom stereocenters. The highest BCUT2D eigenvalue weighted by Gasteiger charge is 2.43. The summed E-state index contributed by atoms with van der Waals surface area (Å²) >= 11 is 0. The van der Waals surface area contributed by atoms with Gasteiger partial charge in [-0.05, 0) is 30.9 Å². The van der Waals surface area contributed by atoms with Crippen molar-refractivity contribution in [1.82, 2.24) is 4.98 Å². The number of aryl methyl sites for hydroxylation is 1. The zero-order valence-corrected chi connectivity index (χ0v) is 7.53. The van der Waals surface area contributed by atoms with Gasteiger partial charge in [0.2, 0.25) is 5.91 Å². The molecule has 3 nitrogen and oxygen atoms in total. The summed E-state index contributed by atoms with van der Waals surface area (Å²) in [6, 6.07) is 3.93. The summed E-state index contributed by atoms with van der Waals surface area (Å²) in [5.74, 6) is 0.183. The number of carbonyl (C=O) groups is 1. The molecule has 13 heavy (non-hydrogen) atoms. The lowest BCUT2D eigenvalue weighted by atomic mass is 10.1. The van der Waals surface area contributed by atoms with Gasteiger partial charge in [0.05, 0.1) is 0 Å². The van der Waals surface area contributed by atoms with Crippen molar-refractivity contribution in [2.24, 2.45) is 11.7 Å². The topological polar surface area (TPSA) is 56.0 Å². The molecule has 0 radical (unpaired) electrons. The van der Waals surface area contributed by atoms with Crippen LogP contribution in [0.1, 0.15) is 23.6 Å². The molecule has 1 aromatic rings. The maximum atomic E-state index is 10.9. The third-order valence-electron chi connectivity index (χ3n) is 2.60. The van der Waals surface area contributed by atoms with Crippen LogP contribution in [-0.2, 0) is 4.79 Å². The smallest absolute Gasteiger partial charge is 0.221 e. The van der Waals surface area contributed by atoms with E-state index in [1.165, 1.54) is 5.56 Å². The zero-order chi connectivity index (χ0) is 9.42. The Morgan fingerprint density at radius 3 is 3.00 bits per heavy atom. The maximum Gasteiger partial charge on any atom is 0.221 e. The normalized spacial score (nSPS) is 25.6. The Balaban J connectivity index is 2.21. The number of aromatic nitrogens is 1.